The molecule has 1 aliphatic rings. The van der Waals surface area contributed by atoms with Gasteiger partial charge in [0.2, 0.25) is 5.88 Å². The summed E-state index contributed by atoms with van der Waals surface area (Å²) >= 11 is 0. The fourth-order valence-electron chi connectivity index (χ4n) is 3.16. The van der Waals surface area contributed by atoms with Crippen molar-refractivity contribution in [3.8, 4) is 5.88 Å². The largest absolute Gasteiger partial charge is 0.469 e. The monoisotopic (exact) mass is 391 g/mol. The second-order valence-corrected chi connectivity index (χ2v) is 6.61. The highest BCUT2D eigenvalue weighted by Crippen LogP contribution is 2.30. The predicted octanol–water partition coefficient (Wildman–Crippen LogP) is 1.24. The molecular weight excluding hydrogens is 370 g/mol. The number of hydrogen-bond donors (Lipinski definition) is 2. The van der Waals surface area contributed by atoms with Gasteiger partial charge in [0.05, 0.1) is 23.2 Å². The lowest BCUT2D eigenvalue weighted by Crippen LogP contribution is -2.28. The first-order valence-electron chi connectivity index (χ1n) is 8.76. The molecule has 1 saturated heterocycles. The summed E-state index contributed by atoms with van der Waals surface area (Å²) in [5.41, 5.74) is 0.164. The molecule has 0 bridgehead atoms. The van der Waals surface area contributed by atoms with E-state index in [0.29, 0.717) is 11.1 Å². The molecule has 2 aromatic rings. The molecule has 1 fully saturated rings. The van der Waals surface area contributed by atoms with Gasteiger partial charge in [0.15, 0.2) is 0 Å². The van der Waals surface area contributed by atoms with Crippen LogP contribution in [0.2, 0.25) is 0 Å². The number of aryl methyl sites for hydroxylation is 1. The first-order chi connectivity index (χ1) is 13.3. The third-order valence-electron chi connectivity index (χ3n) is 4.64. The number of hydrogen-bond acceptors (Lipinski definition) is 8. The summed E-state index contributed by atoms with van der Waals surface area (Å²) in [4.78, 5) is 27.0. The Morgan fingerprint density at radius 2 is 2.18 bits per heavy atom. The van der Waals surface area contributed by atoms with Gasteiger partial charge < -0.3 is 19.7 Å². The smallest absolute Gasteiger partial charge is 0.352 e. The number of nitrogens with zero attached hydrogens (tertiary/aromatic N) is 3. The molecule has 0 spiro atoms. The molecule has 0 saturated carbocycles. The topological polar surface area (TPSA) is 137 Å². The van der Waals surface area contributed by atoms with Crippen molar-refractivity contribution in [1.82, 2.24) is 9.55 Å². The van der Waals surface area contributed by atoms with Crippen LogP contribution < -0.4 is 10.4 Å². The summed E-state index contributed by atoms with van der Waals surface area (Å²) in [6.45, 7) is 2.96. The van der Waals surface area contributed by atoms with E-state index in [1.165, 1.54) is 16.8 Å². The first kappa shape index (κ1) is 19.9. The third-order valence-corrected chi connectivity index (χ3v) is 4.64. The van der Waals surface area contributed by atoms with Crippen molar-refractivity contribution < 1.29 is 24.6 Å². The number of benzene rings is 1. The number of ether oxygens (including phenoxy) is 2. The summed E-state index contributed by atoms with van der Waals surface area (Å²) in [5.74, 6) is 0.0594. The number of aromatic nitrogens is 2. The zero-order valence-corrected chi connectivity index (χ0v) is 15.4. The summed E-state index contributed by atoms with van der Waals surface area (Å²) < 4.78 is 12.4. The second-order valence-electron chi connectivity index (χ2n) is 6.61. The van der Waals surface area contributed by atoms with Crippen LogP contribution in [0.5, 0.6) is 5.88 Å². The lowest BCUT2D eigenvalue weighted by molar-refractivity contribution is -0.386. The van der Waals surface area contributed by atoms with Crippen LogP contribution in [0, 0.1) is 17.0 Å². The number of nitro benzene ring substituents is 1. The van der Waals surface area contributed by atoms with Gasteiger partial charge in [-0.15, -0.1) is 0 Å². The average molecular weight is 391 g/mol. The van der Waals surface area contributed by atoms with Crippen LogP contribution in [0.1, 0.15) is 36.8 Å². The molecule has 0 aliphatic carbocycles. The molecule has 1 aromatic carbocycles. The number of aliphatic hydroxyl groups excluding tert-OH is 2. The van der Waals surface area contributed by atoms with E-state index in [9.17, 15) is 25.1 Å². The molecule has 2 heterocycles. The van der Waals surface area contributed by atoms with E-state index in [2.05, 4.69) is 4.98 Å². The van der Waals surface area contributed by atoms with E-state index in [-0.39, 0.29) is 24.6 Å². The van der Waals surface area contributed by atoms with Crippen molar-refractivity contribution in [3.63, 3.8) is 0 Å². The zero-order valence-electron chi connectivity index (χ0n) is 15.4. The Hall–Kier alpha value is -2.82. The molecule has 150 valence electrons. The molecule has 1 aliphatic heterocycles. The molecule has 0 amide bonds. The molecule has 3 rings (SSSR count). The fourth-order valence-corrected chi connectivity index (χ4v) is 3.16. The van der Waals surface area contributed by atoms with Gasteiger partial charge >= 0.3 is 5.69 Å². The minimum Gasteiger partial charge on any atom is -0.469 e. The Morgan fingerprint density at radius 1 is 1.46 bits per heavy atom. The Morgan fingerprint density at radius 3 is 2.82 bits per heavy atom. The molecular formula is C18H21N3O7. The quantitative estimate of drug-likeness (QED) is 0.554. The standard InChI is InChI=1S/C18H21N3O7/c1-10-8-20(16-7-14(23)15(9-22)28-16)18(24)19-17(10)27-11(2)12-5-3-4-6-13(12)21(25)26/h3-6,8,11,14-16,22-23H,7,9H2,1-2H3/t11?,14-,15-,16-/m1/s1. The SMILES string of the molecule is Cc1cn([C@H]2C[C@@H](O)[C@@H](CO)O2)c(=O)nc1OC(C)c1ccccc1[N+](=O)[O-]. The van der Waals surface area contributed by atoms with Crippen LogP contribution in [-0.4, -0.2) is 43.5 Å². The highest BCUT2D eigenvalue weighted by molar-refractivity contribution is 5.41. The Kier molecular flexibility index (Phi) is 5.73. The number of aliphatic hydroxyl groups is 2. The van der Waals surface area contributed by atoms with E-state index >= 15 is 0 Å². The van der Waals surface area contributed by atoms with Crippen LogP contribution in [0.3, 0.4) is 0 Å². The molecule has 4 atom stereocenters. The van der Waals surface area contributed by atoms with E-state index in [1.54, 1.807) is 32.0 Å². The normalized spacial score (nSPS) is 22.8. The predicted molar refractivity (Wildman–Crippen MR) is 97.0 cm³/mol. The van der Waals surface area contributed by atoms with E-state index in [4.69, 9.17) is 9.47 Å². The minimum atomic E-state index is -0.878. The molecule has 0 radical (unpaired) electrons. The Labute approximate surface area is 160 Å². The van der Waals surface area contributed by atoms with Crippen molar-refractivity contribution in [2.75, 3.05) is 6.61 Å². The maximum Gasteiger partial charge on any atom is 0.352 e. The molecule has 10 heteroatoms. The van der Waals surface area contributed by atoms with E-state index in [0.717, 1.165) is 0 Å². The van der Waals surface area contributed by atoms with E-state index < -0.39 is 35.2 Å². The van der Waals surface area contributed by atoms with Gasteiger partial charge in [-0.25, -0.2) is 4.79 Å². The van der Waals surface area contributed by atoms with E-state index in [1.807, 2.05) is 0 Å². The number of para-hydroxylation sites is 1. The second kappa shape index (κ2) is 8.05. The maximum absolute atomic E-state index is 12.4. The van der Waals surface area contributed by atoms with Gasteiger partial charge in [-0.1, -0.05) is 12.1 Å². The molecule has 10 nitrogen and oxygen atoms in total. The summed E-state index contributed by atoms with van der Waals surface area (Å²) in [7, 11) is 0. The molecule has 28 heavy (non-hydrogen) atoms. The summed E-state index contributed by atoms with van der Waals surface area (Å²) in [5, 5.41) is 30.2. The molecule has 1 unspecified atom stereocenters. The highest BCUT2D eigenvalue weighted by Gasteiger charge is 2.35. The van der Waals surface area contributed by atoms with Crippen LogP contribution >= 0.6 is 0 Å². The minimum absolute atomic E-state index is 0.0594. The van der Waals surface area contributed by atoms with Crippen molar-refractivity contribution in [2.24, 2.45) is 0 Å². The van der Waals surface area contributed by atoms with Gasteiger partial charge in [-0.3, -0.25) is 14.7 Å². The van der Waals surface area contributed by atoms with Crippen LogP contribution in [0.15, 0.2) is 35.3 Å². The molecule has 2 N–H and O–H groups in total. The zero-order chi connectivity index (χ0) is 20.4. The average Bonchev–Trinajstić information content (AvgIpc) is 3.04. The van der Waals surface area contributed by atoms with Crippen LogP contribution in [-0.2, 0) is 4.74 Å². The lowest BCUT2D eigenvalue weighted by atomic mass is 10.1. The van der Waals surface area contributed by atoms with Gasteiger partial charge in [0.25, 0.3) is 5.69 Å². The van der Waals surface area contributed by atoms with Crippen LogP contribution in [0.4, 0.5) is 5.69 Å². The highest BCUT2D eigenvalue weighted by atomic mass is 16.6. The number of nitro groups is 1. The van der Waals surface area contributed by atoms with Gasteiger partial charge in [0.1, 0.15) is 18.4 Å². The van der Waals surface area contributed by atoms with Gasteiger partial charge in [0, 0.05) is 24.2 Å². The van der Waals surface area contributed by atoms with Gasteiger partial charge in [-0.2, -0.15) is 4.98 Å². The number of rotatable bonds is 6. The first-order valence-corrected chi connectivity index (χ1v) is 8.76. The van der Waals surface area contributed by atoms with Crippen LogP contribution in [0.25, 0.3) is 0 Å². The lowest BCUT2D eigenvalue weighted by Gasteiger charge is -2.18. The summed E-state index contributed by atoms with van der Waals surface area (Å²) in [6.07, 6.45) is -1.44. The Balaban J connectivity index is 1.84. The maximum atomic E-state index is 12.4. The molecule has 1 aromatic heterocycles. The van der Waals surface area contributed by atoms with Crippen molar-refractivity contribution in [3.05, 3.63) is 62.2 Å². The van der Waals surface area contributed by atoms with Crippen molar-refractivity contribution in [1.29, 1.82) is 0 Å². The fraction of sp³-hybridized carbons (Fsp3) is 0.444. The third kappa shape index (κ3) is 3.88. The summed E-state index contributed by atoms with van der Waals surface area (Å²) in [6, 6.07) is 6.20. The Bertz CT molecular complexity index is 930. The van der Waals surface area contributed by atoms with Crippen molar-refractivity contribution in [2.45, 2.75) is 44.8 Å². The van der Waals surface area contributed by atoms with Gasteiger partial charge in [-0.05, 0) is 19.9 Å². The van der Waals surface area contributed by atoms with Crippen molar-refractivity contribution >= 4 is 5.69 Å².